The third kappa shape index (κ3) is 4.37. The first-order chi connectivity index (χ1) is 12.6. The minimum Gasteiger partial charge on any atom is -0.454 e. The number of ether oxygens (including phenoxy) is 1. The average molecular weight is 393 g/mol. The summed E-state index contributed by atoms with van der Waals surface area (Å²) in [6, 6.07) is 2.20. The van der Waals surface area contributed by atoms with Gasteiger partial charge in [0, 0.05) is 4.88 Å². The van der Waals surface area contributed by atoms with Crippen LogP contribution in [0.25, 0.3) is 0 Å². The van der Waals surface area contributed by atoms with Crippen molar-refractivity contribution < 1.29 is 19.1 Å². The average Bonchev–Trinajstić information content (AvgIpc) is 3.07. The Morgan fingerprint density at radius 2 is 2.08 bits per heavy atom. The Hall–Kier alpha value is -2.05. The molecule has 0 bridgehead atoms. The van der Waals surface area contributed by atoms with Crippen molar-refractivity contribution in [2.75, 3.05) is 30.1 Å². The van der Waals surface area contributed by atoms with E-state index in [0.717, 1.165) is 42.5 Å². The van der Waals surface area contributed by atoms with Crippen LogP contribution in [0.15, 0.2) is 0 Å². The maximum Gasteiger partial charge on any atom is 0.326 e. The third-order valence-corrected chi connectivity index (χ3v) is 6.45. The maximum absolute atomic E-state index is 12.1. The van der Waals surface area contributed by atoms with Crippen molar-refractivity contribution in [2.24, 2.45) is 0 Å². The van der Waals surface area contributed by atoms with E-state index in [2.05, 4.69) is 11.4 Å². The summed E-state index contributed by atoms with van der Waals surface area (Å²) in [5.41, 5.74) is 1.58. The van der Waals surface area contributed by atoms with Gasteiger partial charge in [-0.3, -0.25) is 14.4 Å². The molecule has 0 unspecified atom stereocenters. The zero-order chi connectivity index (χ0) is 18.5. The van der Waals surface area contributed by atoms with Crippen molar-refractivity contribution in [2.45, 2.75) is 32.1 Å². The highest BCUT2D eigenvalue weighted by atomic mass is 32.2. The summed E-state index contributed by atoms with van der Waals surface area (Å²) in [4.78, 5) is 37.9. The molecule has 2 aliphatic rings. The Bertz CT molecular complexity index is 769. The Morgan fingerprint density at radius 3 is 2.81 bits per heavy atom. The molecule has 2 heterocycles. The van der Waals surface area contributed by atoms with E-state index in [1.807, 2.05) is 0 Å². The molecule has 0 spiro atoms. The van der Waals surface area contributed by atoms with E-state index < -0.39 is 18.5 Å². The molecule has 7 nitrogen and oxygen atoms in total. The van der Waals surface area contributed by atoms with Crippen LogP contribution in [0.5, 0.6) is 0 Å². The van der Waals surface area contributed by atoms with Gasteiger partial charge >= 0.3 is 5.97 Å². The largest absolute Gasteiger partial charge is 0.454 e. The van der Waals surface area contributed by atoms with Crippen molar-refractivity contribution >= 4 is 45.9 Å². The number of fused-ring (bicyclic) bond motifs is 1. The zero-order valence-electron chi connectivity index (χ0n) is 14.2. The van der Waals surface area contributed by atoms with Crippen LogP contribution >= 0.6 is 23.1 Å². The minimum absolute atomic E-state index is 0.102. The van der Waals surface area contributed by atoms with Gasteiger partial charge in [0.1, 0.15) is 17.6 Å². The van der Waals surface area contributed by atoms with Crippen molar-refractivity contribution in [3.63, 3.8) is 0 Å². The molecule has 1 aliphatic heterocycles. The molecule has 0 saturated carbocycles. The fourth-order valence-electron chi connectivity index (χ4n) is 3.00. The number of carbonyl (C=O) groups is 3. The molecule has 9 heteroatoms. The number of hydrogen-bond acceptors (Lipinski definition) is 7. The van der Waals surface area contributed by atoms with Gasteiger partial charge < -0.3 is 15.0 Å². The minimum atomic E-state index is -0.613. The standard InChI is InChI=1S/C17H19N3O4S2/c18-6-12-11-4-2-1-3-5-13(11)26-17(12)19-14(21)8-24-16(23)7-20-10-25-9-15(20)22/h1-5,7-10H2,(H,19,21). The number of carbonyl (C=O) groups excluding carboxylic acids is 3. The smallest absolute Gasteiger partial charge is 0.326 e. The number of nitrogens with zero attached hydrogens (tertiary/aromatic N) is 2. The highest BCUT2D eigenvalue weighted by Crippen LogP contribution is 2.36. The Kier molecular flexibility index (Phi) is 6.16. The molecule has 0 aromatic carbocycles. The highest BCUT2D eigenvalue weighted by Gasteiger charge is 2.24. The second kappa shape index (κ2) is 8.56. The van der Waals surface area contributed by atoms with E-state index in [1.165, 1.54) is 28.0 Å². The van der Waals surface area contributed by atoms with Crippen LogP contribution in [0, 0.1) is 11.3 Å². The topological polar surface area (TPSA) is 99.5 Å². The van der Waals surface area contributed by atoms with Crippen LogP contribution < -0.4 is 5.32 Å². The van der Waals surface area contributed by atoms with Gasteiger partial charge in [0.25, 0.3) is 5.91 Å². The lowest BCUT2D eigenvalue weighted by Gasteiger charge is -2.13. The number of hydrogen-bond donors (Lipinski definition) is 1. The van der Waals surface area contributed by atoms with Crippen LogP contribution in [0.3, 0.4) is 0 Å². The van der Waals surface area contributed by atoms with Crippen LogP contribution in [-0.4, -0.2) is 47.5 Å². The Morgan fingerprint density at radius 1 is 1.27 bits per heavy atom. The predicted molar refractivity (Wildman–Crippen MR) is 98.9 cm³/mol. The van der Waals surface area contributed by atoms with Gasteiger partial charge in [-0.1, -0.05) is 6.42 Å². The number of nitriles is 1. The maximum atomic E-state index is 12.1. The number of nitrogens with one attached hydrogen (secondary N) is 1. The van der Waals surface area contributed by atoms with Crippen LogP contribution in [0.1, 0.15) is 35.3 Å². The van der Waals surface area contributed by atoms with Crippen molar-refractivity contribution in [1.29, 1.82) is 5.26 Å². The number of anilines is 1. The van der Waals surface area contributed by atoms with Gasteiger partial charge in [-0.05, 0) is 31.2 Å². The number of thiophene rings is 1. The summed E-state index contributed by atoms with van der Waals surface area (Å²) < 4.78 is 4.95. The molecule has 26 heavy (non-hydrogen) atoms. The van der Waals surface area contributed by atoms with E-state index in [9.17, 15) is 19.6 Å². The molecule has 1 N–H and O–H groups in total. The number of thioether (sulfide) groups is 1. The van der Waals surface area contributed by atoms with Crippen LogP contribution in [-0.2, 0) is 32.0 Å². The molecule has 2 amide bonds. The molecule has 3 rings (SSSR count). The highest BCUT2D eigenvalue weighted by molar-refractivity contribution is 8.00. The summed E-state index contributed by atoms with van der Waals surface area (Å²) in [5, 5.41) is 12.7. The predicted octanol–water partition coefficient (Wildman–Crippen LogP) is 1.90. The summed E-state index contributed by atoms with van der Waals surface area (Å²) >= 11 is 2.88. The van der Waals surface area contributed by atoms with Gasteiger partial charge in [-0.25, -0.2) is 0 Å². The fraction of sp³-hybridized carbons (Fsp3) is 0.529. The first kappa shape index (κ1) is 18.7. The molecule has 1 aromatic rings. The van der Waals surface area contributed by atoms with E-state index in [4.69, 9.17) is 4.74 Å². The molecule has 1 saturated heterocycles. The molecule has 1 aromatic heterocycles. The van der Waals surface area contributed by atoms with Crippen molar-refractivity contribution in [3.8, 4) is 6.07 Å². The monoisotopic (exact) mass is 393 g/mol. The summed E-state index contributed by atoms with van der Waals surface area (Å²) in [5.74, 6) is -0.359. The second-order valence-electron chi connectivity index (χ2n) is 6.16. The normalized spacial score (nSPS) is 16.6. The number of esters is 1. The lowest BCUT2D eigenvalue weighted by molar-refractivity contribution is -0.150. The molecular formula is C17H19N3O4S2. The lowest BCUT2D eigenvalue weighted by Crippen LogP contribution is -2.33. The van der Waals surface area contributed by atoms with Crippen LogP contribution in [0.4, 0.5) is 5.00 Å². The summed E-state index contributed by atoms with van der Waals surface area (Å²) in [7, 11) is 0. The van der Waals surface area contributed by atoms with Gasteiger partial charge in [0.2, 0.25) is 5.91 Å². The van der Waals surface area contributed by atoms with Gasteiger partial charge in [-0.2, -0.15) is 5.26 Å². The van der Waals surface area contributed by atoms with Crippen LogP contribution in [0.2, 0.25) is 0 Å². The first-order valence-electron chi connectivity index (χ1n) is 8.44. The Labute approximate surface area is 159 Å². The lowest BCUT2D eigenvalue weighted by atomic mass is 10.1. The molecule has 0 atom stereocenters. The molecule has 138 valence electrons. The molecule has 1 aliphatic carbocycles. The number of aryl methyl sites for hydroxylation is 1. The zero-order valence-corrected chi connectivity index (χ0v) is 15.8. The Balaban J connectivity index is 1.54. The van der Waals surface area contributed by atoms with Crippen molar-refractivity contribution in [1.82, 2.24) is 4.90 Å². The quantitative estimate of drug-likeness (QED) is 0.606. The first-order valence-corrected chi connectivity index (χ1v) is 10.4. The van der Waals surface area contributed by atoms with E-state index in [-0.39, 0.29) is 12.5 Å². The summed E-state index contributed by atoms with van der Waals surface area (Å²) in [6.45, 7) is -0.572. The van der Waals surface area contributed by atoms with E-state index in [1.54, 1.807) is 0 Å². The number of rotatable bonds is 5. The van der Waals surface area contributed by atoms with E-state index >= 15 is 0 Å². The second-order valence-corrected chi connectivity index (χ2v) is 8.22. The third-order valence-electron chi connectivity index (χ3n) is 4.30. The fourth-order valence-corrected chi connectivity index (χ4v) is 5.16. The van der Waals surface area contributed by atoms with Gasteiger partial charge in [-0.15, -0.1) is 23.1 Å². The number of amides is 2. The molecule has 1 fully saturated rings. The molecular weight excluding hydrogens is 374 g/mol. The van der Waals surface area contributed by atoms with Gasteiger partial charge in [0.05, 0.1) is 17.2 Å². The van der Waals surface area contributed by atoms with Crippen molar-refractivity contribution in [3.05, 3.63) is 16.0 Å². The SMILES string of the molecule is N#Cc1c(NC(=O)COC(=O)CN2CSCC2=O)sc2c1CCCCC2. The molecule has 0 radical (unpaired) electrons. The summed E-state index contributed by atoms with van der Waals surface area (Å²) in [6.07, 6.45) is 5.10. The van der Waals surface area contributed by atoms with Gasteiger partial charge in [0.15, 0.2) is 6.61 Å². The van der Waals surface area contributed by atoms with E-state index in [0.29, 0.717) is 22.2 Å².